The van der Waals surface area contributed by atoms with E-state index in [1.807, 2.05) is 0 Å². The molecule has 0 aliphatic carbocycles. The lowest BCUT2D eigenvalue weighted by atomic mass is 10.0. The standard InChI is InChI=1S/C41H61N13O14/c1-20(48-34(61)26(11-12-31(58)59)49-37(64)30-6-4-14-54(30)39(66)25(42)16-23-17-45-19-47-23)33(60)53-32(21(2)56)38(65)51-28(15-22-7-9-24(57)10-8-22)35(62)52-29(18-55)36(63)50-27(40(67)68)5-3-13-46-41(43)44/h7-10,17,19-21,25-30,32,55-57H,3-6,11-16,18,42H2,1-2H3,(H,45,47)(H,48,61)(H,49,64)(H,50,63)(H,51,65)(H,52,62)(H,53,60)(H,58,59)(H,67,68)(H4,43,44,46)/t20-,21+,25-,26-,27-,28-,29-,30-,32-/m0/s1. The monoisotopic (exact) mass is 959 g/mol. The fraction of sp³-hybridized carbons (Fsp3) is 0.537. The molecule has 7 amide bonds. The number of nitrogens with zero attached hydrogens (tertiary/aromatic N) is 3. The van der Waals surface area contributed by atoms with E-state index in [4.69, 9.17) is 17.2 Å². The number of phenols is 1. The van der Waals surface area contributed by atoms with E-state index in [9.17, 15) is 68.7 Å². The van der Waals surface area contributed by atoms with Crippen LogP contribution in [0.3, 0.4) is 0 Å². The molecule has 9 atom stereocenters. The number of aliphatic imine (C=N–C) groups is 1. The summed E-state index contributed by atoms with van der Waals surface area (Å²) in [7, 11) is 0. The summed E-state index contributed by atoms with van der Waals surface area (Å²) in [6.45, 7) is 1.54. The van der Waals surface area contributed by atoms with Crippen LogP contribution in [0.15, 0.2) is 41.8 Å². The first kappa shape index (κ1) is 54.9. The van der Waals surface area contributed by atoms with Crippen molar-refractivity contribution in [1.82, 2.24) is 46.8 Å². The molecule has 2 heterocycles. The quantitative estimate of drug-likeness (QED) is 0.0226. The second-order valence-corrected chi connectivity index (χ2v) is 16.1. The number of carboxylic acid groups (broad SMARTS) is 2. The van der Waals surface area contributed by atoms with Crippen molar-refractivity contribution in [2.24, 2.45) is 22.2 Å². The minimum absolute atomic E-state index is 0.0488. The van der Waals surface area contributed by atoms with Gasteiger partial charge in [-0.05, 0) is 63.6 Å². The number of carboxylic acids is 2. The number of likely N-dealkylation sites (tertiary alicyclic amines) is 1. The molecule has 0 radical (unpaired) electrons. The SMILES string of the molecule is C[C@H](NC(=O)[C@H](CCC(=O)O)NC(=O)[C@@H]1CCCN1C(=O)[C@@H](N)Cc1cnc[nH]1)C(=O)N[C@H](C(=O)N[C@@H](Cc1ccc(O)cc1)C(=O)N[C@@H](CO)C(=O)N[C@@H](CCCN=C(N)N)C(=O)O)[C@@H](C)O. The number of guanidine groups is 1. The molecule has 0 unspecified atom stereocenters. The average Bonchev–Trinajstić information content (AvgIpc) is 3.99. The lowest BCUT2D eigenvalue weighted by Gasteiger charge is -2.29. The van der Waals surface area contributed by atoms with Crippen molar-refractivity contribution in [3.8, 4) is 5.75 Å². The number of aliphatic hydroxyl groups is 2. The van der Waals surface area contributed by atoms with E-state index in [-0.39, 0.29) is 56.9 Å². The molecule has 27 heteroatoms. The van der Waals surface area contributed by atoms with Gasteiger partial charge in [-0.25, -0.2) is 9.78 Å². The van der Waals surface area contributed by atoms with Gasteiger partial charge in [-0.1, -0.05) is 12.1 Å². The van der Waals surface area contributed by atoms with Crippen molar-refractivity contribution >= 4 is 59.2 Å². The first-order valence-electron chi connectivity index (χ1n) is 21.5. The lowest BCUT2D eigenvalue weighted by molar-refractivity contribution is -0.143. The van der Waals surface area contributed by atoms with E-state index in [0.717, 1.165) is 6.92 Å². The van der Waals surface area contributed by atoms with Gasteiger partial charge in [0.2, 0.25) is 41.4 Å². The number of hydrogen-bond acceptors (Lipinski definition) is 15. The number of aliphatic hydroxyl groups excluding tert-OH is 2. The molecule has 0 saturated carbocycles. The molecule has 27 nitrogen and oxygen atoms in total. The Bertz CT molecular complexity index is 2100. The smallest absolute Gasteiger partial charge is 0.326 e. The van der Waals surface area contributed by atoms with Gasteiger partial charge >= 0.3 is 11.9 Å². The first-order valence-corrected chi connectivity index (χ1v) is 21.5. The summed E-state index contributed by atoms with van der Waals surface area (Å²) < 4.78 is 0. The lowest BCUT2D eigenvalue weighted by Crippen LogP contribution is -2.62. The van der Waals surface area contributed by atoms with Crippen molar-refractivity contribution in [2.45, 2.75) is 120 Å². The van der Waals surface area contributed by atoms with Crippen molar-refractivity contribution < 1.29 is 68.7 Å². The zero-order chi connectivity index (χ0) is 50.7. The molecule has 3 rings (SSSR count). The summed E-state index contributed by atoms with van der Waals surface area (Å²) in [5.74, 6) is -9.77. The number of carbonyl (C=O) groups excluding carboxylic acids is 7. The molecule has 374 valence electrons. The van der Waals surface area contributed by atoms with Crippen LogP contribution in [0.4, 0.5) is 0 Å². The minimum Gasteiger partial charge on any atom is -0.508 e. The number of aromatic hydroxyl groups is 1. The Hall–Kier alpha value is -7.39. The topological polar surface area (TPSA) is 449 Å². The van der Waals surface area contributed by atoms with Crippen molar-refractivity contribution in [3.05, 3.63) is 48.0 Å². The molecule has 1 fully saturated rings. The Labute approximate surface area is 389 Å². The van der Waals surface area contributed by atoms with Crippen LogP contribution in [0.1, 0.15) is 63.6 Å². The molecule has 0 bridgehead atoms. The van der Waals surface area contributed by atoms with Crippen molar-refractivity contribution in [3.63, 3.8) is 0 Å². The summed E-state index contributed by atoms with van der Waals surface area (Å²) in [5.41, 5.74) is 17.6. The number of rotatable bonds is 27. The van der Waals surface area contributed by atoms with Crippen LogP contribution < -0.4 is 49.1 Å². The maximum absolute atomic E-state index is 13.7. The Kier molecular flexibility index (Phi) is 21.6. The highest BCUT2D eigenvalue weighted by Gasteiger charge is 2.39. The van der Waals surface area contributed by atoms with Gasteiger partial charge in [0.1, 0.15) is 48.0 Å². The summed E-state index contributed by atoms with van der Waals surface area (Å²) >= 11 is 0. The molecule has 0 spiro atoms. The summed E-state index contributed by atoms with van der Waals surface area (Å²) in [4.78, 5) is 129. The third-order valence-corrected chi connectivity index (χ3v) is 10.6. The second-order valence-electron chi connectivity index (χ2n) is 16.1. The summed E-state index contributed by atoms with van der Waals surface area (Å²) in [6.07, 6.45) is 0.701. The summed E-state index contributed by atoms with van der Waals surface area (Å²) in [6, 6.07) is -6.32. The molecule has 1 aromatic heterocycles. The fourth-order valence-electron chi connectivity index (χ4n) is 6.94. The Morgan fingerprint density at radius 2 is 1.46 bits per heavy atom. The van der Waals surface area contributed by atoms with Crippen LogP contribution in [-0.2, 0) is 56.0 Å². The highest BCUT2D eigenvalue weighted by atomic mass is 16.4. The number of phenolic OH excluding ortho intramolecular Hbond substituents is 1. The van der Waals surface area contributed by atoms with Gasteiger partial charge < -0.3 is 84.5 Å². The number of carbonyl (C=O) groups is 9. The van der Waals surface area contributed by atoms with Crippen LogP contribution in [-0.4, -0.2) is 174 Å². The average molecular weight is 960 g/mol. The Morgan fingerprint density at radius 1 is 0.824 bits per heavy atom. The first-order chi connectivity index (χ1) is 32.1. The van der Waals surface area contributed by atoms with Gasteiger partial charge in [-0.15, -0.1) is 0 Å². The number of imidazole rings is 1. The number of aliphatic carboxylic acids is 2. The molecule has 2 aromatic rings. The number of aromatic nitrogens is 2. The third-order valence-electron chi connectivity index (χ3n) is 10.6. The van der Waals surface area contributed by atoms with E-state index < -0.39 is 127 Å². The number of aromatic amines is 1. The van der Waals surface area contributed by atoms with Gasteiger partial charge in [-0.2, -0.15) is 0 Å². The second kappa shape index (κ2) is 26.7. The van der Waals surface area contributed by atoms with Crippen LogP contribution in [0.25, 0.3) is 0 Å². The normalized spacial score (nSPS) is 16.8. The molecular formula is C41H61N13O14. The number of benzene rings is 1. The predicted octanol–water partition coefficient (Wildman–Crippen LogP) is -5.48. The highest BCUT2D eigenvalue weighted by molar-refractivity contribution is 5.98. The molecule has 1 aliphatic rings. The number of hydrogen-bond donors (Lipinski definition) is 15. The third kappa shape index (κ3) is 17.4. The van der Waals surface area contributed by atoms with Gasteiger partial charge in [0.25, 0.3) is 0 Å². The zero-order valence-corrected chi connectivity index (χ0v) is 37.4. The molecule has 68 heavy (non-hydrogen) atoms. The maximum Gasteiger partial charge on any atom is 0.326 e. The number of amides is 7. The van der Waals surface area contributed by atoms with E-state index in [1.165, 1.54) is 48.6 Å². The highest BCUT2D eigenvalue weighted by Crippen LogP contribution is 2.20. The number of nitrogens with two attached hydrogens (primary N) is 3. The fourth-order valence-corrected chi connectivity index (χ4v) is 6.94. The molecule has 18 N–H and O–H groups in total. The van der Waals surface area contributed by atoms with E-state index >= 15 is 0 Å². The van der Waals surface area contributed by atoms with Gasteiger partial charge in [0.15, 0.2) is 5.96 Å². The minimum atomic E-state index is -1.81. The van der Waals surface area contributed by atoms with Crippen molar-refractivity contribution in [2.75, 3.05) is 19.7 Å². The van der Waals surface area contributed by atoms with E-state index in [0.29, 0.717) is 17.7 Å². The van der Waals surface area contributed by atoms with Crippen LogP contribution in [0.5, 0.6) is 5.75 Å². The van der Waals surface area contributed by atoms with Crippen LogP contribution in [0, 0.1) is 0 Å². The predicted molar refractivity (Wildman–Crippen MR) is 237 cm³/mol. The largest absolute Gasteiger partial charge is 0.508 e. The zero-order valence-electron chi connectivity index (χ0n) is 37.4. The van der Waals surface area contributed by atoms with Gasteiger partial charge in [0, 0.05) is 44.2 Å². The Balaban J connectivity index is 1.73. The molecular weight excluding hydrogens is 899 g/mol. The van der Waals surface area contributed by atoms with Crippen LogP contribution >= 0.6 is 0 Å². The molecule has 1 aliphatic heterocycles. The number of nitrogens with one attached hydrogen (secondary N) is 7. The van der Waals surface area contributed by atoms with Crippen LogP contribution in [0.2, 0.25) is 0 Å². The van der Waals surface area contributed by atoms with E-state index in [2.05, 4.69) is 46.9 Å². The molecule has 1 saturated heterocycles. The Morgan fingerprint density at radius 3 is 2.04 bits per heavy atom. The van der Waals surface area contributed by atoms with E-state index in [1.54, 1.807) is 0 Å². The summed E-state index contributed by atoms with van der Waals surface area (Å²) in [5, 5.41) is 63.4. The maximum atomic E-state index is 13.7. The van der Waals surface area contributed by atoms with Crippen molar-refractivity contribution in [1.29, 1.82) is 0 Å². The molecule has 1 aromatic carbocycles. The number of H-pyrrole nitrogens is 1. The van der Waals surface area contributed by atoms with Gasteiger partial charge in [-0.3, -0.25) is 43.3 Å². The van der Waals surface area contributed by atoms with Gasteiger partial charge in [0.05, 0.1) is 25.1 Å².